The fourth-order valence-corrected chi connectivity index (χ4v) is 6.19. The highest BCUT2D eigenvalue weighted by atomic mass is 16.6. The van der Waals surface area contributed by atoms with E-state index in [0.29, 0.717) is 19.6 Å². The van der Waals surface area contributed by atoms with Gasteiger partial charge in [0.25, 0.3) is 0 Å². The van der Waals surface area contributed by atoms with Crippen molar-refractivity contribution in [3.63, 3.8) is 0 Å². The largest absolute Gasteiger partial charge is 0.444 e. The van der Waals surface area contributed by atoms with Gasteiger partial charge in [-0.25, -0.2) is 14.8 Å². The summed E-state index contributed by atoms with van der Waals surface area (Å²) in [6.07, 6.45) is 9.79. The van der Waals surface area contributed by atoms with Gasteiger partial charge in [-0.15, -0.1) is 0 Å². The minimum absolute atomic E-state index is 0.0511. The van der Waals surface area contributed by atoms with Crippen molar-refractivity contribution in [3.05, 3.63) is 18.6 Å². The predicted octanol–water partition coefficient (Wildman–Crippen LogP) is 2.67. The van der Waals surface area contributed by atoms with Crippen LogP contribution in [-0.4, -0.2) is 80.4 Å². The number of unbranched alkanes of at least 4 members (excludes halogenated alkanes) is 5. The third kappa shape index (κ3) is 6.65. The van der Waals surface area contributed by atoms with Gasteiger partial charge in [-0.1, -0.05) is 25.7 Å². The molecule has 5 rings (SSSR count). The average molecular weight is 596 g/mol. The molecule has 0 bridgehead atoms. The first-order chi connectivity index (χ1) is 20.5. The monoisotopic (exact) mass is 595 g/mol. The Labute approximate surface area is 250 Å². The number of anilines is 1. The summed E-state index contributed by atoms with van der Waals surface area (Å²) in [6.45, 7) is 7.67. The van der Waals surface area contributed by atoms with Crippen molar-refractivity contribution in [1.29, 1.82) is 0 Å². The SMILES string of the molecule is CC(C)(C)OC(=O)NCCCCCCCCn1ccc2c(N3CC4(CC(=O)N(C5CCC(=O)NC5=O)C4=O)C3)ncnc21. The third-order valence-corrected chi connectivity index (χ3v) is 8.27. The number of rotatable bonds is 11. The molecule has 3 fully saturated rings. The molecule has 5 amide bonds. The Morgan fingerprint density at radius 3 is 2.51 bits per heavy atom. The highest BCUT2D eigenvalue weighted by Gasteiger charge is 2.61. The summed E-state index contributed by atoms with van der Waals surface area (Å²) in [6, 6.07) is 1.07. The molecule has 3 aliphatic heterocycles. The van der Waals surface area contributed by atoms with Gasteiger partial charge in [-0.3, -0.25) is 29.4 Å². The predicted molar refractivity (Wildman–Crippen MR) is 157 cm³/mol. The van der Waals surface area contributed by atoms with Gasteiger partial charge in [0.05, 0.1) is 10.8 Å². The summed E-state index contributed by atoms with van der Waals surface area (Å²) in [5.74, 6) is -0.946. The Morgan fingerprint density at radius 1 is 1.07 bits per heavy atom. The third-order valence-electron chi connectivity index (χ3n) is 8.27. The van der Waals surface area contributed by atoms with Gasteiger partial charge in [0.1, 0.15) is 29.4 Å². The summed E-state index contributed by atoms with van der Waals surface area (Å²) in [4.78, 5) is 73.8. The number of imide groups is 2. The Balaban J connectivity index is 1.07. The lowest BCUT2D eigenvalue weighted by molar-refractivity contribution is -0.152. The van der Waals surface area contributed by atoms with Crippen LogP contribution in [0.1, 0.15) is 78.6 Å². The lowest BCUT2D eigenvalue weighted by Gasteiger charge is -2.46. The van der Waals surface area contributed by atoms with E-state index >= 15 is 0 Å². The number of alkyl carbamates (subject to hydrolysis) is 1. The second kappa shape index (κ2) is 12.3. The van der Waals surface area contributed by atoms with E-state index in [1.807, 2.05) is 37.9 Å². The number of hydrogen-bond acceptors (Lipinski definition) is 9. The van der Waals surface area contributed by atoms with Crippen LogP contribution in [0.25, 0.3) is 11.0 Å². The normalized spacial score (nSPS) is 20.1. The van der Waals surface area contributed by atoms with Gasteiger partial charge in [0.15, 0.2) is 0 Å². The molecule has 2 aromatic rings. The molecular weight excluding hydrogens is 554 g/mol. The van der Waals surface area contributed by atoms with E-state index in [9.17, 15) is 24.0 Å². The number of amides is 5. The molecule has 232 valence electrons. The van der Waals surface area contributed by atoms with E-state index in [0.717, 1.165) is 66.8 Å². The number of nitrogens with one attached hydrogen (secondary N) is 2. The molecule has 3 saturated heterocycles. The van der Waals surface area contributed by atoms with Crippen molar-refractivity contribution < 1.29 is 28.7 Å². The number of ether oxygens (including phenoxy) is 1. The highest BCUT2D eigenvalue weighted by Crippen LogP contribution is 2.45. The molecule has 3 aliphatic rings. The molecule has 5 heterocycles. The van der Waals surface area contributed by atoms with Crippen LogP contribution < -0.4 is 15.5 Å². The molecule has 0 aliphatic carbocycles. The zero-order valence-corrected chi connectivity index (χ0v) is 25.2. The zero-order valence-electron chi connectivity index (χ0n) is 25.2. The maximum absolute atomic E-state index is 13.4. The van der Waals surface area contributed by atoms with Gasteiger partial charge >= 0.3 is 6.09 Å². The quantitative estimate of drug-likeness (QED) is 0.295. The van der Waals surface area contributed by atoms with Crippen molar-refractivity contribution in [2.45, 2.75) is 96.7 Å². The summed E-state index contributed by atoms with van der Waals surface area (Å²) in [5.41, 5.74) is -0.524. The Bertz CT molecular complexity index is 1410. The second-order valence-electron chi connectivity index (χ2n) is 12.8. The molecule has 0 radical (unpaired) electrons. The topological polar surface area (TPSA) is 156 Å². The van der Waals surface area contributed by atoms with Gasteiger partial charge < -0.3 is 19.5 Å². The Kier molecular flexibility index (Phi) is 8.70. The number of aryl methyl sites for hydroxylation is 1. The summed E-state index contributed by atoms with van der Waals surface area (Å²) in [7, 11) is 0. The first kappa shape index (κ1) is 30.4. The second-order valence-corrected chi connectivity index (χ2v) is 12.8. The van der Waals surface area contributed by atoms with Gasteiger partial charge in [-0.05, 0) is 46.1 Å². The molecule has 1 spiro atoms. The van der Waals surface area contributed by atoms with Crippen molar-refractivity contribution in [3.8, 4) is 0 Å². The number of carbonyl (C=O) groups is 5. The van der Waals surface area contributed by atoms with Crippen LogP contribution >= 0.6 is 0 Å². The van der Waals surface area contributed by atoms with Crippen LogP contribution in [0.3, 0.4) is 0 Å². The van der Waals surface area contributed by atoms with Crippen molar-refractivity contribution in [2.75, 3.05) is 24.5 Å². The molecule has 13 heteroatoms. The molecule has 43 heavy (non-hydrogen) atoms. The molecule has 0 saturated carbocycles. The van der Waals surface area contributed by atoms with Gasteiger partial charge in [0.2, 0.25) is 23.6 Å². The van der Waals surface area contributed by atoms with E-state index < -0.39 is 23.0 Å². The van der Waals surface area contributed by atoms with E-state index in [1.54, 1.807) is 0 Å². The summed E-state index contributed by atoms with van der Waals surface area (Å²) < 4.78 is 7.36. The number of likely N-dealkylation sites (tertiary alicyclic amines) is 1. The first-order valence-corrected chi connectivity index (χ1v) is 15.2. The fraction of sp³-hybridized carbons (Fsp3) is 0.633. The lowest BCUT2D eigenvalue weighted by Crippen LogP contribution is -2.62. The number of carbonyl (C=O) groups excluding carboxylic acids is 5. The van der Waals surface area contributed by atoms with Gasteiger partial charge in [-0.2, -0.15) is 0 Å². The molecule has 1 atom stereocenters. The number of aromatic nitrogens is 3. The molecule has 13 nitrogen and oxygen atoms in total. The van der Waals surface area contributed by atoms with Crippen molar-refractivity contribution in [1.82, 2.24) is 30.1 Å². The van der Waals surface area contributed by atoms with Crippen LogP contribution in [0.4, 0.5) is 10.6 Å². The van der Waals surface area contributed by atoms with Crippen molar-refractivity contribution in [2.24, 2.45) is 5.41 Å². The Hall–Kier alpha value is -4.03. The zero-order chi connectivity index (χ0) is 30.8. The molecule has 0 aromatic carbocycles. The van der Waals surface area contributed by atoms with Crippen LogP contribution in [-0.2, 0) is 30.5 Å². The maximum Gasteiger partial charge on any atom is 0.407 e. The summed E-state index contributed by atoms with van der Waals surface area (Å²) >= 11 is 0. The van der Waals surface area contributed by atoms with E-state index in [1.165, 1.54) is 6.33 Å². The average Bonchev–Trinajstić information content (AvgIpc) is 3.44. The smallest absolute Gasteiger partial charge is 0.407 e. The van der Waals surface area contributed by atoms with Crippen molar-refractivity contribution >= 4 is 46.6 Å². The maximum atomic E-state index is 13.4. The number of piperidine rings is 1. The molecule has 2 N–H and O–H groups in total. The fourth-order valence-electron chi connectivity index (χ4n) is 6.19. The van der Waals surface area contributed by atoms with E-state index in [4.69, 9.17) is 4.74 Å². The minimum Gasteiger partial charge on any atom is -0.444 e. The highest BCUT2D eigenvalue weighted by molar-refractivity contribution is 6.12. The first-order valence-electron chi connectivity index (χ1n) is 15.2. The van der Waals surface area contributed by atoms with E-state index in [-0.39, 0.29) is 43.1 Å². The number of fused-ring (bicyclic) bond motifs is 1. The minimum atomic E-state index is -0.924. The van der Waals surface area contributed by atoms with Crippen LogP contribution in [0.5, 0.6) is 0 Å². The van der Waals surface area contributed by atoms with E-state index in [2.05, 4.69) is 25.2 Å². The Morgan fingerprint density at radius 2 is 1.79 bits per heavy atom. The van der Waals surface area contributed by atoms with Crippen LogP contribution in [0.15, 0.2) is 18.6 Å². The number of nitrogens with zero attached hydrogens (tertiary/aromatic N) is 5. The molecule has 2 aromatic heterocycles. The summed E-state index contributed by atoms with van der Waals surface area (Å²) in [5, 5.41) is 5.93. The van der Waals surface area contributed by atoms with Gasteiger partial charge in [0, 0.05) is 45.2 Å². The number of hydrogen-bond donors (Lipinski definition) is 2. The van der Waals surface area contributed by atoms with Crippen LogP contribution in [0.2, 0.25) is 0 Å². The van der Waals surface area contributed by atoms with Crippen LogP contribution in [0, 0.1) is 5.41 Å². The molecule has 1 unspecified atom stereocenters. The standard InChI is InChI=1S/C30H41N7O6/c1-29(2,3)43-28(42)31-13-8-6-4-5-7-9-14-35-15-12-20-24(35)32-19-33-25(20)36-17-30(18-36)16-23(39)37(27(30)41)21-10-11-22(38)34-26(21)40/h12,15,19,21H,4-11,13-14,16-18H2,1-3H3,(H,31,42)(H,34,38,40). The lowest BCUT2D eigenvalue weighted by atomic mass is 9.78. The molecular formula is C30H41N7O6.